The van der Waals surface area contributed by atoms with Crippen molar-refractivity contribution in [2.24, 2.45) is 0 Å². The van der Waals surface area contributed by atoms with Gasteiger partial charge in [-0.15, -0.1) is 0 Å². The smallest absolute Gasteiger partial charge is 0.212 e. The Morgan fingerprint density at radius 3 is 2.48 bits per heavy atom. The van der Waals surface area contributed by atoms with Crippen molar-refractivity contribution in [2.75, 3.05) is 13.7 Å². The molecular weight excluding hydrogens is 260 g/mol. The van der Waals surface area contributed by atoms with Crippen LogP contribution < -0.4 is 10.1 Å². The first-order valence-corrected chi connectivity index (χ1v) is 7.51. The number of nitrogens with zero attached hydrogens (tertiary/aromatic N) is 1. The number of ether oxygens (including phenoxy) is 1. The van der Waals surface area contributed by atoms with Crippen molar-refractivity contribution in [3.05, 3.63) is 59.3 Å². The van der Waals surface area contributed by atoms with Crippen LogP contribution in [-0.4, -0.2) is 18.6 Å². The summed E-state index contributed by atoms with van der Waals surface area (Å²) < 4.78 is 5.11. The molecule has 0 saturated heterocycles. The van der Waals surface area contributed by atoms with Crippen LogP contribution in [0.2, 0.25) is 0 Å². The highest BCUT2D eigenvalue weighted by molar-refractivity contribution is 5.27. The Balaban J connectivity index is 2.13. The molecule has 1 unspecified atom stereocenters. The molecular formula is C18H24N2O. The third-order valence-electron chi connectivity index (χ3n) is 3.57. The Hall–Kier alpha value is -1.87. The molecule has 2 rings (SSSR count). The number of benzene rings is 1. The van der Waals surface area contributed by atoms with Crippen molar-refractivity contribution in [3.63, 3.8) is 0 Å². The summed E-state index contributed by atoms with van der Waals surface area (Å²) in [6.45, 7) is 5.32. The number of hydrogen-bond acceptors (Lipinski definition) is 3. The first-order chi connectivity index (χ1) is 10.2. The predicted molar refractivity (Wildman–Crippen MR) is 86.7 cm³/mol. The quantitative estimate of drug-likeness (QED) is 0.842. The van der Waals surface area contributed by atoms with Crippen LogP contribution >= 0.6 is 0 Å². The van der Waals surface area contributed by atoms with E-state index in [2.05, 4.69) is 54.5 Å². The van der Waals surface area contributed by atoms with E-state index in [0.29, 0.717) is 11.9 Å². The van der Waals surface area contributed by atoms with Gasteiger partial charge in [0.15, 0.2) is 0 Å². The summed E-state index contributed by atoms with van der Waals surface area (Å²) in [6.07, 6.45) is 3.96. The van der Waals surface area contributed by atoms with E-state index in [9.17, 15) is 0 Å². The maximum absolute atomic E-state index is 5.11. The van der Waals surface area contributed by atoms with Gasteiger partial charge >= 0.3 is 0 Å². The average molecular weight is 284 g/mol. The monoisotopic (exact) mass is 284 g/mol. The molecule has 1 atom stereocenters. The highest BCUT2D eigenvalue weighted by Gasteiger charge is 2.11. The van der Waals surface area contributed by atoms with E-state index >= 15 is 0 Å². The third-order valence-corrected chi connectivity index (χ3v) is 3.57. The second-order valence-electron chi connectivity index (χ2n) is 5.33. The fourth-order valence-corrected chi connectivity index (χ4v) is 2.31. The summed E-state index contributed by atoms with van der Waals surface area (Å²) in [5, 5.41) is 3.62. The van der Waals surface area contributed by atoms with Crippen LogP contribution in [0.1, 0.15) is 36.1 Å². The van der Waals surface area contributed by atoms with Gasteiger partial charge in [0.2, 0.25) is 5.88 Å². The van der Waals surface area contributed by atoms with E-state index in [1.807, 2.05) is 12.3 Å². The highest BCUT2D eigenvalue weighted by Crippen LogP contribution is 2.20. The molecule has 1 aromatic carbocycles. The van der Waals surface area contributed by atoms with Crippen LogP contribution in [0.25, 0.3) is 0 Å². The number of aryl methyl sites for hydroxylation is 1. The molecule has 0 aliphatic heterocycles. The minimum Gasteiger partial charge on any atom is -0.481 e. The van der Waals surface area contributed by atoms with Gasteiger partial charge in [-0.05, 0) is 37.4 Å². The molecule has 112 valence electrons. The Labute approximate surface area is 127 Å². The zero-order chi connectivity index (χ0) is 15.1. The van der Waals surface area contributed by atoms with Gasteiger partial charge in [-0.1, -0.05) is 42.8 Å². The Morgan fingerprint density at radius 1 is 1.14 bits per heavy atom. The molecule has 1 N–H and O–H groups in total. The normalized spacial score (nSPS) is 12.1. The van der Waals surface area contributed by atoms with Gasteiger partial charge in [-0.3, -0.25) is 0 Å². The van der Waals surface area contributed by atoms with Crippen LogP contribution in [-0.2, 0) is 6.42 Å². The fraction of sp³-hybridized carbons (Fsp3) is 0.389. The maximum Gasteiger partial charge on any atom is 0.212 e. The average Bonchev–Trinajstić information content (AvgIpc) is 2.53. The van der Waals surface area contributed by atoms with Gasteiger partial charge in [0.1, 0.15) is 0 Å². The number of nitrogens with one attached hydrogen (secondary N) is 1. The largest absolute Gasteiger partial charge is 0.481 e. The minimum absolute atomic E-state index is 0.320. The van der Waals surface area contributed by atoms with Gasteiger partial charge in [0.25, 0.3) is 0 Å². The molecule has 1 heterocycles. The number of rotatable bonds is 7. The van der Waals surface area contributed by atoms with Crippen molar-refractivity contribution < 1.29 is 4.74 Å². The van der Waals surface area contributed by atoms with Crippen molar-refractivity contribution in [1.29, 1.82) is 0 Å². The first kappa shape index (κ1) is 15.5. The molecule has 0 spiro atoms. The molecule has 0 aliphatic carbocycles. The molecule has 0 bridgehead atoms. The molecule has 1 aromatic heterocycles. The number of pyridine rings is 1. The maximum atomic E-state index is 5.11. The van der Waals surface area contributed by atoms with Crippen molar-refractivity contribution in [3.8, 4) is 5.88 Å². The second kappa shape index (κ2) is 7.79. The molecule has 0 saturated carbocycles. The molecule has 0 amide bonds. The van der Waals surface area contributed by atoms with Gasteiger partial charge in [-0.25, -0.2) is 4.98 Å². The van der Waals surface area contributed by atoms with E-state index in [0.717, 1.165) is 19.4 Å². The number of aromatic nitrogens is 1. The third kappa shape index (κ3) is 4.57. The fourth-order valence-electron chi connectivity index (χ4n) is 2.31. The van der Waals surface area contributed by atoms with Crippen LogP contribution in [0.4, 0.5) is 0 Å². The van der Waals surface area contributed by atoms with Gasteiger partial charge in [-0.2, -0.15) is 0 Å². The first-order valence-electron chi connectivity index (χ1n) is 7.51. The lowest BCUT2D eigenvalue weighted by molar-refractivity contribution is 0.397. The lowest BCUT2D eigenvalue weighted by Gasteiger charge is -2.19. The summed E-state index contributed by atoms with van der Waals surface area (Å²) >= 11 is 0. The lowest BCUT2D eigenvalue weighted by Crippen LogP contribution is -2.24. The highest BCUT2D eigenvalue weighted by atomic mass is 16.5. The zero-order valence-electron chi connectivity index (χ0n) is 13.1. The topological polar surface area (TPSA) is 34.1 Å². The SMILES string of the molecule is CCCNC(Cc1ccc(OC)nc1)c1ccc(C)cc1. The van der Waals surface area contributed by atoms with Crippen molar-refractivity contribution in [2.45, 2.75) is 32.7 Å². The van der Waals surface area contributed by atoms with Crippen molar-refractivity contribution in [1.82, 2.24) is 10.3 Å². The molecule has 3 heteroatoms. The Morgan fingerprint density at radius 2 is 1.90 bits per heavy atom. The minimum atomic E-state index is 0.320. The number of methoxy groups -OCH3 is 1. The van der Waals surface area contributed by atoms with Crippen LogP contribution in [0.3, 0.4) is 0 Å². The lowest BCUT2D eigenvalue weighted by atomic mass is 9.99. The predicted octanol–water partition coefficient (Wildman–Crippen LogP) is 3.68. The molecule has 3 nitrogen and oxygen atoms in total. The molecule has 0 aliphatic rings. The van der Waals surface area contributed by atoms with Crippen molar-refractivity contribution >= 4 is 0 Å². The Bertz CT molecular complexity index is 534. The standard InChI is InChI=1S/C18H24N2O/c1-4-11-19-17(16-8-5-14(2)6-9-16)12-15-7-10-18(21-3)20-13-15/h5-10,13,17,19H,4,11-12H2,1-3H3. The summed E-state index contributed by atoms with van der Waals surface area (Å²) in [5.74, 6) is 0.659. The van der Waals surface area contributed by atoms with Gasteiger partial charge in [0.05, 0.1) is 7.11 Å². The van der Waals surface area contributed by atoms with Gasteiger partial charge in [0, 0.05) is 18.3 Å². The summed E-state index contributed by atoms with van der Waals surface area (Å²) in [4.78, 5) is 4.29. The summed E-state index contributed by atoms with van der Waals surface area (Å²) in [7, 11) is 1.64. The van der Waals surface area contributed by atoms with E-state index < -0.39 is 0 Å². The Kier molecular flexibility index (Phi) is 5.76. The van der Waals surface area contributed by atoms with E-state index in [1.54, 1.807) is 7.11 Å². The van der Waals surface area contributed by atoms with Gasteiger partial charge < -0.3 is 10.1 Å². The van der Waals surface area contributed by atoms with Crippen LogP contribution in [0, 0.1) is 6.92 Å². The second-order valence-corrected chi connectivity index (χ2v) is 5.33. The van der Waals surface area contributed by atoms with Crippen LogP contribution in [0.5, 0.6) is 5.88 Å². The van der Waals surface area contributed by atoms with E-state index in [4.69, 9.17) is 4.74 Å². The van der Waals surface area contributed by atoms with E-state index in [-0.39, 0.29) is 0 Å². The summed E-state index contributed by atoms with van der Waals surface area (Å²) in [6, 6.07) is 13.1. The summed E-state index contributed by atoms with van der Waals surface area (Å²) in [5.41, 5.74) is 3.83. The molecule has 0 fully saturated rings. The molecule has 0 radical (unpaired) electrons. The van der Waals surface area contributed by atoms with Crippen LogP contribution in [0.15, 0.2) is 42.6 Å². The molecule has 2 aromatic rings. The number of hydrogen-bond donors (Lipinski definition) is 1. The molecule has 21 heavy (non-hydrogen) atoms. The zero-order valence-corrected chi connectivity index (χ0v) is 13.1. The van der Waals surface area contributed by atoms with E-state index in [1.165, 1.54) is 16.7 Å².